The van der Waals surface area contributed by atoms with Crippen LogP contribution in [0.2, 0.25) is 0 Å². The average Bonchev–Trinajstić information content (AvgIpc) is 3.08. The fraction of sp³-hybridized carbons (Fsp3) is 0.435. The van der Waals surface area contributed by atoms with Crippen LogP contribution in [-0.4, -0.2) is 36.7 Å². The number of benzene rings is 1. The Morgan fingerprint density at radius 3 is 2.50 bits per heavy atom. The van der Waals surface area contributed by atoms with E-state index in [1.54, 1.807) is 17.3 Å². The number of amides is 1. The quantitative estimate of drug-likeness (QED) is 0.646. The Kier molecular flexibility index (Phi) is 5.61. The second kappa shape index (κ2) is 8.34. The normalized spacial score (nSPS) is 20.4. The van der Waals surface area contributed by atoms with Gasteiger partial charge in [-0.2, -0.15) is 0 Å². The highest BCUT2D eigenvalue weighted by molar-refractivity contribution is 5.73. The lowest BCUT2D eigenvalue weighted by atomic mass is 9.86. The predicted octanol–water partition coefficient (Wildman–Crippen LogP) is 4.59. The lowest BCUT2D eigenvalue weighted by molar-refractivity contribution is 0.0617. The number of fused-ring (bicyclic) bond motifs is 1. The highest BCUT2D eigenvalue weighted by Crippen LogP contribution is 2.38. The number of aromatic amines is 1. The molecule has 1 saturated carbocycles. The second-order valence-electron chi connectivity index (χ2n) is 8.44. The molecule has 1 amide bonds. The molecule has 1 aliphatic carbocycles. The van der Waals surface area contributed by atoms with Crippen molar-refractivity contribution in [2.45, 2.75) is 57.7 Å². The van der Waals surface area contributed by atoms with Crippen molar-refractivity contribution in [1.29, 1.82) is 0 Å². The van der Waals surface area contributed by atoms with Crippen LogP contribution < -0.4 is 5.69 Å². The van der Waals surface area contributed by atoms with Crippen molar-refractivity contribution in [1.82, 2.24) is 19.4 Å². The first-order valence-corrected chi connectivity index (χ1v) is 10.6. The molecule has 1 aromatic carbocycles. The molecule has 30 heavy (non-hydrogen) atoms. The molecular formula is C23H28N4O3. The van der Waals surface area contributed by atoms with E-state index in [0.29, 0.717) is 0 Å². The summed E-state index contributed by atoms with van der Waals surface area (Å²) in [6, 6.07) is 11.5. The van der Waals surface area contributed by atoms with Gasteiger partial charge in [-0.05, 0) is 43.2 Å². The van der Waals surface area contributed by atoms with Gasteiger partial charge in [-0.25, -0.2) is 9.59 Å². The number of carbonyl (C=O) groups is 1. The van der Waals surface area contributed by atoms with Crippen molar-refractivity contribution in [3.8, 4) is 0 Å². The van der Waals surface area contributed by atoms with E-state index < -0.39 is 6.09 Å². The van der Waals surface area contributed by atoms with E-state index >= 15 is 0 Å². The number of nitrogens with zero attached hydrogens (tertiary/aromatic N) is 3. The molecule has 1 fully saturated rings. The standard InChI is InChI=1S/C23H28N4O3/c1-15(2)21(16-6-4-3-5-7-16)27(23(29)30)18-10-8-17(9-11-18)26-20-12-13-24-14-19(20)25-22(26)28/h3-7,12-15,17-18,21H,8-11H2,1-2H3,(H,25,28)(H,29,30). The van der Waals surface area contributed by atoms with Gasteiger partial charge in [0.1, 0.15) is 0 Å². The number of nitrogens with one attached hydrogen (secondary N) is 1. The minimum absolute atomic E-state index is 0.0612. The van der Waals surface area contributed by atoms with Gasteiger partial charge in [-0.1, -0.05) is 44.2 Å². The van der Waals surface area contributed by atoms with Gasteiger partial charge in [0, 0.05) is 18.3 Å². The van der Waals surface area contributed by atoms with Gasteiger partial charge < -0.3 is 10.1 Å². The Bertz CT molecular complexity index is 1060. The average molecular weight is 409 g/mol. The topological polar surface area (TPSA) is 91.2 Å². The third-order valence-corrected chi connectivity index (χ3v) is 6.24. The molecule has 7 heteroatoms. The predicted molar refractivity (Wildman–Crippen MR) is 116 cm³/mol. The summed E-state index contributed by atoms with van der Waals surface area (Å²) in [7, 11) is 0. The molecule has 7 nitrogen and oxygen atoms in total. The third-order valence-electron chi connectivity index (χ3n) is 6.24. The van der Waals surface area contributed by atoms with Gasteiger partial charge in [0.25, 0.3) is 0 Å². The van der Waals surface area contributed by atoms with Crippen molar-refractivity contribution >= 4 is 17.1 Å². The van der Waals surface area contributed by atoms with Crippen molar-refractivity contribution < 1.29 is 9.90 Å². The number of carboxylic acid groups (broad SMARTS) is 1. The fourth-order valence-electron chi connectivity index (χ4n) is 4.95. The lowest BCUT2D eigenvalue weighted by Crippen LogP contribution is -2.46. The van der Waals surface area contributed by atoms with E-state index in [1.165, 1.54) is 0 Å². The van der Waals surface area contributed by atoms with Gasteiger partial charge in [-0.3, -0.25) is 14.5 Å². The number of H-pyrrole nitrogens is 1. The van der Waals surface area contributed by atoms with E-state index in [2.05, 4.69) is 23.8 Å². The summed E-state index contributed by atoms with van der Waals surface area (Å²) in [5.74, 6) is 0.157. The van der Waals surface area contributed by atoms with Crippen molar-refractivity contribution in [3.05, 3.63) is 64.8 Å². The minimum Gasteiger partial charge on any atom is -0.465 e. The zero-order chi connectivity index (χ0) is 21.3. The first-order chi connectivity index (χ1) is 14.5. The molecule has 2 aromatic heterocycles. The van der Waals surface area contributed by atoms with Crippen molar-refractivity contribution in [2.24, 2.45) is 5.92 Å². The molecular weight excluding hydrogens is 380 g/mol. The molecule has 0 aliphatic heterocycles. The Balaban J connectivity index is 1.57. The summed E-state index contributed by atoms with van der Waals surface area (Å²) < 4.78 is 1.81. The number of pyridine rings is 1. The maximum Gasteiger partial charge on any atom is 0.408 e. The maximum atomic E-state index is 12.5. The second-order valence-corrected chi connectivity index (χ2v) is 8.44. The zero-order valence-corrected chi connectivity index (χ0v) is 17.4. The van der Waals surface area contributed by atoms with E-state index in [9.17, 15) is 14.7 Å². The van der Waals surface area contributed by atoms with E-state index in [1.807, 2.05) is 41.0 Å². The highest BCUT2D eigenvalue weighted by Gasteiger charge is 2.36. The molecule has 1 unspecified atom stereocenters. The zero-order valence-electron chi connectivity index (χ0n) is 17.4. The van der Waals surface area contributed by atoms with Gasteiger partial charge in [0.05, 0.1) is 23.3 Å². The Morgan fingerprint density at radius 1 is 1.17 bits per heavy atom. The smallest absolute Gasteiger partial charge is 0.408 e. The summed E-state index contributed by atoms with van der Waals surface area (Å²) in [6.45, 7) is 4.14. The van der Waals surface area contributed by atoms with Gasteiger partial charge >= 0.3 is 11.8 Å². The number of aromatic nitrogens is 3. The van der Waals surface area contributed by atoms with Crippen LogP contribution in [0.25, 0.3) is 11.0 Å². The number of rotatable bonds is 5. The number of hydrogen-bond donors (Lipinski definition) is 2. The molecule has 1 atom stereocenters. The lowest BCUT2D eigenvalue weighted by Gasteiger charge is -2.41. The van der Waals surface area contributed by atoms with Crippen LogP contribution in [0, 0.1) is 5.92 Å². The Hall–Kier alpha value is -3.09. The monoisotopic (exact) mass is 408 g/mol. The van der Waals surface area contributed by atoms with Crippen LogP contribution in [0.1, 0.15) is 57.2 Å². The molecule has 2 heterocycles. The highest BCUT2D eigenvalue weighted by atomic mass is 16.4. The molecule has 0 bridgehead atoms. The van der Waals surface area contributed by atoms with Crippen LogP contribution in [0.4, 0.5) is 4.79 Å². The number of imidazole rings is 1. The van der Waals surface area contributed by atoms with Crippen LogP contribution in [-0.2, 0) is 0 Å². The van der Waals surface area contributed by atoms with Gasteiger partial charge in [0.2, 0.25) is 0 Å². The molecule has 3 aromatic rings. The van der Waals surface area contributed by atoms with Gasteiger partial charge in [-0.15, -0.1) is 0 Å². The van der Waals surface area contributed by atoms with E-state index in [-0.39, 0.29) is 29.7 Å². The summed E-state index contributed by atoms with van der Waals surface area (Å²) in [5, 5.41) is 10.1. The van der Waals surface area contributed by atoms with Crippen LogP contribution in [0.3, 0.4) is 0 Å². The Morgan fingerprint density at radius 2 is 1.87 bits per heavy atom. The molecule has 0 saturated heterocycles. The summed E-state index contributed by atoms with van der Waals surface area (Å²) in [4.78, 5) is 33.4. The van der Waals surface area contributed by atoms with E-state index in [0.717, 1.165) is 42.3 Å². The number of hydrogen-bond acceptors (Lipinski definition) is 3. The van der Waals surface area contributed by atoms with Crippen LogP contribution in [0.5, 0.6) is 0 Å². The fourth-order valence-corrected chi connectivity index (χ4v) is 4.95. The molecule has 1 aliphatic rings. The van der Waals surface area contributed by atoms with Crippen LogP contribution in [0.15, 0.2) is 53.6 Å². The summed E-state index contributed by atoms with van der Waals surface area (Å²) in [6.07, 6.45) is 5.48. The molecule has 0 radical (unpaired) electrons. The SMILES string of the molecule is CC(C)C(c1ccccc1)N(C(=O)O)C1CCC(n2c(=O)[nH]c3cnccc32)CC1. The molecule has 2 N–H and O–H groups in total. The maximum absolute atomic E-state index is 12.5. The van der Waals surface area contributed by atoms with Crippen molar-refractivity contribution in [2.75, 3.05) is 0 Å². The molecule has 4 rings (SSSR count). The Labute approximate surface area is 175 Å². The first kappa shape index (κ1) is 20.2. The largest absolute Gasteiger partial charge is 0.465 e. The first-order valence-electron chi connectivity index (χ1n) is 10.6. The molecule has 158 valence electrons. The molecule has 0 spiro atoms. The summed E-state index contributed by atoms with van der Waals surface area (Å²) >= 11 is 0. The van der Waals surface area contributed by atoms with Gasteiger partial charge in [0.15, 0.2) is 0 Å². The summed E-state index contributed by atoms with van der Waals surface area (Å²) in [5.41, 5.74) is 2.50. The van der Waals surface area contributed by atoms with E-state index in [4.69, 9.17) is 0 Å². The van der Waals surface area contributed by atoms with Crippen molar-refractivity contribution in [3.63, 3.8) is 0 Å². The van der Waals surface area contributed by atoms with Crippen LogP contribution >= 0.6 is 0 Å². The minimum atomic E-state index is -0.878. The third kappa shape index (κ3) is 3.72.